The third-order valence-corrected chi connectivity index (χ3v) is 2.95. The number of nitrogens with one attached hydrogen (secondary N) is 1. The molecule has 0 spiro atoms. The lowest BCUT2D eigenvalue weighted by atomic mass is 9.88. The summed E-state index contributed by atoms with van der Waals surface area (Å²) in [5.74, 6) is -1.15. The highest BCUT2D eigenvalue weighted by Gasteiger charge is 2.24. The Morgan fingerprint density at radius 3 is 2.56 bits per heavy atom. The zero-order chi connectivity index (χ0) is 13.9. The Labute approximate surface area is 106 Å². The highest BCUT2D eigenvalue weighted by Crippen LogP contribution is 2.19. The highest BCUT2D eigenvalue weighted by molar-refractivity contribution is 5.96. The molecule has 0 fully saturated rings. The number of furan rings is 1. The molecule has 2 N–H and O–H groups in total. The molecular formula is C13H19NO4. The van der Waals surface area contributed by atoms with Gasteiger partial charge in [-0.3, -0.25) is 9.59 Å². The van der Waals surface area contributed by atoms with Gasteiger partial charge in [0.15, 0.2) is 0 Å². The molecule has 0 aliphatic carbocycles. The lowest BCUT2D eigenvalue weighted by molar-refractivity contribution is -0.136. The molecule has 0 aromatic carbocycles. The Morgan fingerprint density at radius 2 is 2.06 bits per heavy atom. The van der Waals surface area contributed by atoms with Crippen molar-refractivity contribution in [3.05, 3.63) is 23.7 Å². The molecule has 18 heavy (non-hydrogen) atoms. The molecule has 0 aliphatic rings. The molecule has 1 amide bonds. The van der Waals surface area contributed by atoms with Crippen LogP contribution < -0.4 is 5.32 Å². The first-order valence-electron chi connectivity index (χ1n) is 5.81. The van der Waals surface area contributed by atoms with E-state index in [1.807, 2.05) is 27.7 Å². The smallest absolute Gasteiger partial charge is 0.311 e. The van der Waals surface area contributed by atoms with Gasteiger partial charge in [0.05, 0.1) is 11.8 Å². The molecule has 1 atom stereocenters. The van der Waals surface area contributed by atoms with Gasteiger partial charge in [0, 0.05) is 6.04 Å². The number of amides is 1. The molecule has 0 bridgehead atoms. The maximum atomic E-state index is 12.0. The molecule has 1 heterocycles. The number of hydrogen-bond acceptors (Lipinski definition) is 3. The van der Waals surface area contributed by atoms with E-state index in [2.05, 4.69) is 5.32 Å². The Hall–Kier alpha value is -1.78. The van der Waals surface area contributed by atoms with Crippen LogP contribution in [0.1, 0.15) is 43.8 Å². The number of hydrogen-bond donors (Lipinski definition) is 2. The van der Waals surface area contributed by atoms with E-state index in [0.717, 1.165) is 0 Å². The summed E-state index contributed by atoms with van der Waals surface area (Å²) in [7, 11) is 0. The lowest BCUT2D eigenvalue weighted by Crippen LogP contribution is -2.41. The van der Waals surface area contributed by atoms with Crippen LogP contribution in [-0.4, -0.2) is 23.0 Å². The largest absolute Gasteiger partial charge is 0.481 e. The van der Waals surface area contributed by atoms with Crippen molar-refractivity contribution >= 4 is 11.9 Å². The third-order valence-electron chi connectivity index (χ3n) is 2.95. The van der Waals surface area contributed by atoms with Gasteiger partial charge in [0.25, 0.3) is 5.91 Å². The first kappa shape index (κ1) is 14.3. The van der Waals surface area contributed by atoms with E-state index in [1.165, 1.54) is 12.3 Å². The van der Waals surface area contributed by atoms with Gasteiger partial charge in [-0.1, -0.05) is 20.8 Å². The number of aliphatic carboxylic acids is 1. The molecule has 0 aliphatic heterocycles. The molecular weight excluding hydrogens is 234 g/mol. The van der Waals surface area contributed by atoms with Crippen LogP contribution in [0.2, 0.25) is 0 Å². The van der Waals surface area contributed by atoms with Gasteiger partial charge in [0.2, 0.25) is 0 Å². The average molecular weight is 253 g/mol. The Balaban J connectivity index is 2.79. The van der Waals surface area contributed by atoms with Crippen molar-refractivity contribution in [1.82, 2.24) is 5.32 Å². The van der Waals surface area contributed by atoms with Crippen molar-refractivity contribution in [3.8, 4) is 0 Å². The first-order chi connectivity index (χ1) is 8.21. The van der Waals surface area contributed by atoms with Crippen molar-refractivity contribution in [1.29, 1.82) is 0 Å². The van der Waals surface area contributed by atoms with E-state index in [4.69, 9.17) is 9.52 Å². The van der Waals surface area contributed by atoms with Crippen LogP contribution in [-0.2, 0) is 11.2 Å². The molecule has 5 heteroatoms. The minimum absolute atomic E-state index is 0.0300. The van der Waals surface area contributed by atoms with Crippen LogP contribution in [0.4, 0.5) is 0 Å². The van der Waals surface area contributed by atoms with Gasteiger partial charge in [-0.25, -0.2) is 0 Å². The van der Waals surface area contributed by atoms with E-state index < -0.39 is 5.97 Å². The predicted octanol–water partition coefficient (Wildman–Crippen LogP) is 2.07. The van der Waals surface area contributed by atoms with Crippen molar-refractivity contribution in [2.45, 2.75) is 40.2 Å². The topological polar surface area (TPSA) is 79.5 Å². The van der Waals surface area contributed by atoms with Crippen molar-refractivity contribution in [3.63, 3.8) is 0 Å². The van der Waals surface area contributed by atoms with Crippen LogP contribution in [0.3, 0.4) is 0 Å². The van der Waals surface area contributed by atoms with Crippen LogP contribution in [0.25, 0.3) is 0 Å². The third kappa shape index (κ3) is 3.61. The monoisotopic (exact) mass is 253 g/mol. The van der Waals surface area contributed by atoms with Crippen molar-refractivity contribution in [2.75, 3.05) is 0 Å². The molecule has 5 nitrogen and oxygen atoms in total. The summed E-state index contributed by atoms with van der Waals surface area (Å²) in [6.07, 6.45) is 1.04. The molecule has 0 saturated carbocycles. The first-order valence-corrected chi connectivity index (χ1v) is 5.81. The number of carbonyl (C=O) groups is 2. The second kappa shape index (κ2) is 5.25. The van der Waals surface area contributed by atoms with E-state index in [1.54, 1.807) is 0 Å². The molecule has 0 saturated heterocycles. The quantitative estimate of drug-likeness (QED) is 0.860. The van der Waals surface area contributed by atoms with Gasteiger partial charge in [-0.2, -0.15) is 0 Å². The Bertz CT molecular complexity index is 442. The van der Waals surface area contributed by atoms with Crippen LogP contribution in [0, 0.1) is 5.41 Å². The lowest BCUT2D eigenvalue weighted by Gasteiger charge is -2.27. The van der Waals surface area contributed by atoms with Crippen molar-refractivity contribution in [2.24, 2.45) is 5.41 Å². The fourth-order valence-electron chi connectivity index (χ4n) is 1.31. The molecule has 1 rings (SSSR count). The number of carboxylic acid groups (broad SMARTS) is 1. The zero-order valence-electron chi connectivity index (χ0n) is 11.1. The van der Waals surface area contributed by atoms with Crippen LogP contribution >= 0.6 is 0 Å². The fourth-order valence-corrected chi connectivity index (χ4v) is 1.31. The van der Waals surface area contributed by atoms with Crippen LogP contribution in [0.5, 0.6) is 0 Å². The average Bonchev–Trinajstić information content (AvgIpc) is 2.63. The molecule has 1 unspecified atom stereocenters. The second-order valence-electron chi connectivity index (χ2n) is 5.39. The minimum Gasteiger partial charge on any atom is -0.481 e. The standard InChI is InChI=1S/C13H19NO4/c1-8(13(2,3)4)14-12(17)9-5-6-18-10(9)7-11(15)16/h5-6,8H,7H2,1-4H3,(H,14,17)(H,15,16). The SMILES string of the molecule is CC(NC(=O)c1ccoc1CC(=O)O)C(C)(C)C. The fraction of sp³-hybridized carbons (Fsp3) is 0.538. The summed E-state index contributed by atoms with van der Waals surface area (Å²) >= 11 is 0. The summed E-state index contributed by atoms with van der Waals surface area (Å²) in [5, 5.41) is 11.6. The van der Waals surface area contributed by atoms with Crippen LogP contribution in [0.15, 0.2) is 16.7 Å². The van der Waals surface area contributed by atoms with Gasteiger partial charge >= 0.3 is 5.97 Å². The van der Waals surface area contributed by atoms with E-state index in [-0.39, 0.29) is 35.1 Å². The van der Waals surface area contributed by atoms with Gasteiger partial charge in [-0.15, -0.1) is 0 Å². The number of carboxylic acids is 1. The summed E-state index contributed by atoms with van der Waals surface area (Å²) in [4.78, 5) is 22.6. The zero-order valence-corrected chi connectivity index (χ0v) is 11.1. The number of rotatable bonds is 4. The number of carbonyl (C=O) groups excluding carboxylic acids is 1. The van der Waals surface area contributed by atoms with Crippen molar-refractivity contribution < 1.29 is 19.1 Å². The maximum absolute atomic E-state index is 12.0. The maximum Gasteiger partial charge on any atom is 0.311 e. The molecule has 0 radical (unpaired) electrons. The summed E-state index contributed by atoms with van der Waals surface area (Å²) in [5.41, 5.74) is 0.223. The van der Waals surface area contributed by atoms with Gasteiger partial charge in [-0.05, 0) is 18.4 Å². The Kier molecular flexibility index (Phi) is 4.16. The van der Waals surface area contributed by atoms with Gasteiger partial charge < -0.3 is 14.8 Å². The molecule has 1 aromatic rings. The molecule has 1 aromatic heterocycles. The van der Waals surface area contributed by atoms with E-state index >= 15 is 0 Å². The van der Waals surface area contributed by atoms with E-state index in [0.29, 0.717) is 0 Å². The second-order valence-corrected chi connectivity index (χ2v) is 5.39. The predicted molar refractivity (Wildman–Crippen MR) is 66.4 cm³/mol. The normalized spacial score (nSPS) is 13.1. The highest BCUT2D eigenvalue weighted by atomic mass is 16.4. The van der Waals surface area contributed by atoms with E-state index in [9.17, 15) is 9.59 Å². The Morgan fingerprint density at radius 1 is 1.44 bits per heavy atom. The molecule has 100 valence electrons. The minimum atomic E-state index is -1.03. The summed E-state index contributed by atoms with van der Waals surface area (Å²) < 4.78 is 5.02. The summed E-state index contributed by atoms with van der Waals surface area (Å²) in [6, 6.07) is 1.46. The summed E-state index contributed by atoms with van der Waals surface area (Å²) in [6.45, 7) is 7.97. The van der Waals surface area contributed by atoms with Gasteiger partial charge in [0.1, 0.15) is 12.2 Å².